The molecule has 0 radical (unpaired) electrons. The van der Waals surface area contributed by atoms with Gasteiger partial charge in [0.15, 0.2) is 0 Å². The molecule has 3 aromatic rings. The van der Waals surface area contributed by atoms with E-state index in [9.17, 15) is 4.79 Å². The fraction of sp³-hybridized carbons (Fsp3) is 0.364. The van der Waals surface area contributed by atoms with Crippen LogP contribution >= 0.6 is 12.6 Å². The van der Waals surface area contributed by atoms with E-state index in [1.165, 1.54) is 16.9 Å². The minimum atomic E-state index is -0.298. The quantitative estimate of drug-likeness (QED) is 0.479. The number of nitrogens with zero attached hydrogens (tertiary/aromatic N) is 3. The Kier molecular flexibility index (Phi) is 7.10. The van der Waals surface area contributed by atoms with Gasteiger partial charge in [0.05, 0.1) is 37.8 Å². The molecule has 0 fully saturated rings. The predicted molar refractivity (Wildman–Crippen MR) is 120 cm³/mol. The average Bonchev–Trinajstić information content (AvgIpc) is 3.43. The van der Waals surface area contributed by atoms with Gasteiger partial charge in [-0.05, 0) is 37.6 Å². The SMILES string of the molecule is CCOC(=O)c1cc(S)c(C)n1C.COc1ccc(Cn2ncc3c2CCN3)cc1. The van der Waals surface area contributed by atoms with Crippen molar-refractivity contribution in [3.8, 4) is 5.75 Å². The van der Waals surface area contributed by atoms with Gasteiger partial charge in [-0.3, -0.25) is 4.68 Å². The first kappa shape index (κ1) is 21.8. The number of hydrogen-bond acceptors (Lipinski definition) is 6. The number of anilines is 1. The van der Waals surface area contributed by atoms with E-state index in [-0.39, 0.29) is 5.97 Å². The van der Waals surface area contributed by atoms with Crippen molar-refractivity contribution in [3.05, 3.63) is 59.2 Å². The van der Waals surface area contributed by atoms with Crippen LogP contribution in [-0.2, 0) is 24.8 Å². The molecular formula is C22H28N4O3S. The van der Waals surface area contributed by atoms with Gasteiger partial charge in [0, 0.05) is 30.6 Å². The number of fused-ring (bicyclic) bond motifs is 1. The van der Waals surface area contributed by atoms with Crippen molar-refractivity contribution in [2.24, 2.45) is 7.05 Å². The Bertz CT molecular complexity index is 1010. The summed E-state index contributed by atoms with van der Waals surface area (Å²) in [5.41, 5.74) is 5.23. The number of aromatic nitrogens is 3. The molecule has 1 aromatic carbocycles. The zero-order chi connectivity index (χ0) is 21.7. The van der Waals surface area contributed by atoms with Gasteiger partial charge in [-0.1, -0.05) is 12.1 Å². The summed E-state index contributed by atoms with van der Waals surface area (Å²) in [6.45, 7) is 5.93. The number of benzene rings is 1. The van der Waals surface area contributed by atoms with Gasteiger partial charge in [0.1, 0.15) is 11.4 Å². The number of rotatable bonds is 5. The average molecular weight is 429 g/mol. The standard InChI is InChI=1S/C13H15N3O.C9H13NO2S/c1-17-11-4-2-10(3-5-11)9-16-13-6-7-14-12(13)8-15-16;1-4-12-9(11)7-5-8(13)6(2)10(7)3/h2-5,8,14H,6-7,9H2,1H3;5,13H,4H2,1-3H3. The van der Waals surface area contributed by atoms with Crippen LogP contribution in [0.1, 0.15) is 34.4 Å². The third kappa shape index (κ3) is 4.81. The third-order valence-corrected chi connectivity index (χ3v) is 5.56. The van der Waals surface area contributed by atoms with Gasteiger partial charge < -0.3 is 19.4 Å². The van der Waals surface area contributed by atoms with Crippen LogP contribution in [0.5, 0.6) is 5.75 Å². The van der Waals surface area contributed by atoms with Gasteiger partial charge in [0.2, 0.25) is 0 Å². The molecule has 0 unspecified atom stereocenters. The number of carbonyl (C=O) groups excluding carboxylic acids is 1. The van der Waals surface area contributed by atoms with E-state index in [4.69, 9.17) is 9.47 Å². The van der Waals surface area contributed by atoms with E-state index in [0.717, 1.165) is 35.8 Å². The van der Waals surface area contributed by atoms with Crippen molar-refractivity contribution in [3.63, 3.8) is 0 Å². The highest BCUT2D eigenvalue weighted by molar-refractivity contribution is 7.80. The van der Waals surface area contributed by atoms with Crippen LogP contribution in [0, 0.1) is 6.92 Å². The lowest BCUT2D eigenvalue weighted by Crippen LogP contribution is -2.10. The van der Waals surface area contributed by atoms with Crippen molar-refractivity contribution in [2.45, 2.75) is 31.7 Å². The number of esters is 1. The molecule has 0 saturated heterocycles. The summed E-state index contributed by atoms with van der Waals surface area (Å²) in [6, 6.07) is 9.84. The number of nitrogens with one attached hydrogen (secondary N) is 1. The Morgan fingerprint density at radius 1 is 1.30 bits per heavy atom. The molecule has 4 rings (SSSR count). The monoisotopic (exact) mass is 428 g/mol. The largest absolute Gasteiger partial charge is 0.497 e. The fourth-order valence-electron chi connectivity index (χ4n) is 3.26. The summed E-state index contributed by atoms with van der Waals surface area (Å²) in [7, 11) is 3.50. The summed E-state index contributed by atoms with van der Waals surface area (Å²) >= 11 is 4.22. The molecule has 1 aliphatic rings. The first-order valence-corrected chi connectivity index (χ1v) is 10.3. The second-order valence-electron chi connectivity index (χ2n) is 6.97. The highest BCUT2D eigenvalue weighted by Crippen LogP contribution is 2.22. The summed E-state index contributed by atoms with van der Waals surface area (Å²) < 4.78 is 13.9. The van der Waals surface area contributed by atoms with Crippen LogP contribution in [0.4, 0.5) is 5.69 Å². The van der Waals surface area contributed by atoms with Crippen LogP contribution < -0.4 is 10.1 Å². The summed E-state index contributed by atoms with van der Waals surface area (Å²) in [4.78, 5) is 12.2. The van der Waals surface area contributed by atoms with Crippen molar-refractivity contribution >= 4 is 24.3 Å². The van der Waals surface area contributed by atoms with Crippen LogP contribution in [0.25, 0.3) is 0 Å². The lowest BCUT2D eigenvalue weighted by atomic mass is 10.2. The summed E-state index contributed by atoms with van der Waals surface area (Å²) in [5, 5.41) is 7.72. The van der Waals surface area contributed by atoms with E-state index in [0.29, 0.717) is 12.3 Å². The van der Waals surface area contributed by atoms with Gasteiger partial charge in [-0.25, -0.2) is 4.79 Å². The van der Waals surface area contributed by atoms with Gasteiger partial charge in [-0.2, -0.15) is 5.10 Å². The smallest absolute Gasteiger partial charge is 0.354 e. The lowest BCUT2D eigenvalue weighted by Gasteiger charge is -2.06. The molecular weight excluding hydrogens is 400 g/mol. The van der Waals surface area contributed by atoms with E-state index >= 15 is 0 Å². The maximum atomic E-state index is 11.4. The normalized spacial score (nSPS) is 11.9. The zero-order valence-corrected chi connectivity index (χ0v) is 18.7. The number of thiol groups is 1. The van der Waals surface area contributed by atoms with E-state index in [1.807, 2.05) is 32.3 Å². The van der Waals surface area contributed by atoms with Crippen LogP contribution in [0.15, 0.2) is 41.4 Å². The third-order valence-electron chi connectivity index (χ3n) is 5.11. The van der Waals surface area contributed by atoms with Crippen molar-refractivity contribution in [1.29, 1.82) is 0 Å². The van der Waals surface area contributed by atoms with Gasteiger partial charge >= 0.3 is 5.97 Å². The molecule has 0 atom stereocenters. The van der Waals surface area contributed by atoms with E-state index in [2.05, 4.69) is 39.9 Å². The molecule has 7 nitrogen and oxygen atoms in total. The Balaban J connectivity index is 0.000000178. The Morgan fingerprint density at radius 3 is 2.63 bits per heavy atom. The highest BCUT2D eigenvalue weighted by Gasteiger charge is 2.16. The molecule has 1 aliphatic heterocycles. The van der Waals surface area contributed by atoms with Crippen molar-refractivity contribution < 1.29 is 14.3 Å². The Hall–Kier alpha value is -2.87. The highest BCUT2D eigenvalue weighted by atomic mass is 32.1. The Labute approximate surface area is 182 Å². The van der Waals surface area contributed by atoms with E-state index < -0.39 is 0 Å². The van der Waals surface area contributed by atoms with Gasteiger partial charge in [-0.15, -0.1) is 12.6 Å². The maximum absolute atomic E-state index is 11.4. The lowest BCUT2D eigenvalue weighted by molar-refractivity contribution is 0.0515. The molecule has 0 spiro atoms. The number of carbonyl (C=O) groups is 1. The molecule has 2 aromatic heterocycles. The topological polar surface area (TPSA) is 70.3 Å². The minimum absolute atomic E-state index is 0.298. The molecule has 30 heavy (non-hydrogen) atoms. The fourth-order valence-corrected chi connectivity index (χ4v) is 3.53. The zero-order valence-electron chi connectivity index (χ0n) is 17.8. The molecule has 1 N–H and O–H groups in total. The number of methoxy groups -OCH3 is 1. The maximum Gasteiger partial charge on any atom is 0.354 e. The minimum Gasteiger partial charge on any atom is -0.497 e. The first-order valence-electron chi connectivity index (χ1n) is 9.88. The predicted octanol–water partition coefficient (Wildman–Crippen LogP) is 3.71. The van der Waals surface area contributed by atoms with E-state index in [1.54, 1.807) is 24.7 Å². The number of ether oxygens (including phenoxy) is 2. The summed E-state index contributed by atoms with van der Waals surface area (Å²) in [6.07, 6.45) is 2.97. The van der Waals surface area contributed by atoms with Crippen molar-refractivity contribution in [1.82, 2.24) is 14.3 Å². The van der Waals surface area contributed by atoms with Crippen LogP contribution in [-0.4, -0.2) is 40.6 Å². The molecule has 8 heteroatoms. The van der Waals surface area contributed by atoms with Gasteiger partial charge in [0.25, 0.3) is 0 Å². The molecule has 0 amide bonds. The number of hydrogen-bond donors (Lipinski definition) is 2. The molecule has 160 valence electrons. The van der Waals surface area contributed by atoms with Crippen LogP contribution in [0.2, 0.25) is 0 Å². The first-order chi connectivity index (χ1) is 14.4. The summed E-state index contributed by atoms with van der Waals surface area (Å²) in [5.74, 6) is 0.592. The molecule has 0 aliphatic carbocycles. The second kappa shape index (κ2) is 9.75. The molecule has 0 saturated carbocycles. The molecule has 3 heterocycles. The molecule has 0 bridgehead atoms. The van der Waals surface area contributed by atoms with Crippen molar-refractivity contribution in [2.75, 3.05) is 25.6 Å². The second-order valence-corrected chi connectivity index (χ2v) is 7.45. The Morgan fingerprint density at radius 2 is 2.03 bits per heavy atom. The van der Waals surface area contributed by atoms with Crippen LogP contribution in [0.3, 0.4) is 0 Å².